The molecule has 2 rings (SSSR count). The van der Waals surface area contributed by atoms with Crippen LogP contribution >= 0.6 is 0 Å². The Balaban J connectivity index is 1.91. The third kappa shape index (κ3) is 5.28. The lowest BCUT2D eigenvalue weighted by Gasteiger charge is -2.35. The quantitative estimate of drug-likeness (QED) is 0.741. The van der Waals surface area contributed by atoms with Crippen molar-refractivity contribution in [1.29, 1.82) is 0 Å². The van der Waals surface area contributed by atoms with Crippen LogP contribution in [0.1, 0.15) is 25.3 Å². The lowest BCUT2D eigenvalue weighted by molar-refractivity contribution is -0.140. The normalized spacial score (nSPS) is 16.2. The van der Waals surface area contributed by atoms with Crippen LogP contribution in [-0.2, 0) is 20.9 Å². The second-order valence-corrected chi connectivity index (χ2v) is 6.54. The second kappa shape index (κ2) is 9.53. The first-order chi connectivity index (χ1) is 12.1. The summed E-state index contributed by atoms with van der Waals surface area (Å²) < 4.78 is 5.28. The molecular weight excluding hydrogens is 318 g/mol. The number of nitrogens with zero attached hydrogens (tertiary/aromatic N) is 1. The Morgan fingerprint density at radius 3 is 2.52 bits per heavy atom. The maximum Gasteiger partial charge on any atom is 0.242 e. The number of carbonyl (C=O) groups excluding carboxylic acids is 2. The number of benzene rings is 1. The molecule has 138 valence electrons. The smallest absolute Gasteiger partial charge is 0.242 e. The van der Waals surface area contributed by atoms with E-state index in [1.165, 1.54) is 0 Å². The van der Waals surface area contributed by atoms with Gasteiger partial charge in [0.25, 0.3) is 0 Å². The summed E-state index contributed by atoms with van der Waals surface area (Å²) in [6.45, 7) is 5.10. The van der Waals surface area contributed by atoms with Gasteiger partial charge in [-0.1, -0.05) is 30.3 Å². The van der Waals surface area contributed by atoms with Gasteiger partial charge < -0.3 is 20.3 Å². The molecule has 0 radical (unpaired) electrons. The maximum atomic E-state index is 12.7. The molecule has 1 aliphatic heterocycles. The lowest BCUT2D eigenvalue weighted by Crippen LogP contribution is -2.52. The van der Waals surface area contributed by atoms with Crippen LogP contribution < -0.4 is 10.6 Å². The Kier molecular flexibility index (Phi) is 7.40. The molecule has 0 spiro atoms. The summed E-state index contributed by atoms with van der Waals surface area (Å²) in [5, 5.41) is 6.10. The van der Waals surface area contributed by atoms with Crippen LogP contribution in [0.15, 0.2) is 30.3 Å². The molecule has 0 atom stereocenters. The van der Waals surface area contributed by atoms with Gasteiger partial charge in [0.1, 0.15) is 0 Å². The largest absolute Gasteiger partial charge is 0.384 e. The molecule has 0 aliphatic carbocycles. The number of likely N-dealkylation sites (N-methyl/N-ethyl adjacent to an activating group) is 1. The molecule has 0 aromatic heterocycles. The Labute approximate surface area is 149 Å². The number of amides is 2. The van der Waals surface area contributed by atoms with Gasteiger partial charge in [-0.3, -0.25) is 9.59 Å². The number of ether oxygens (including phenoxy) is 1. The molecule has 2 N–H and O–H groups in total. The molecule has 0 unspecified atom stereocenters. The Morgan fingerprint density at radius 1 is 1.24 bits per heavy atom. The van der Waals surface area contributed by atoms with Crippen molar-refractivity contribution in [2.45, 2.75) is 26.3 Å². The van der Waals surface area contributed by atoms with Crippen molar-refractivity contribution in [3.8, 4) is 0 Å². The number of methoxy groups -OCH3 is 1. The van der Waals surface area contributed by atoms with Crippen molar-refractivity contribution < 1.29 is 14.3 Å². The molecule has 1 aromatic carbocycles. The lowest BCUT2D eigenvalue weighted by atomic mass is 9.78. The van der Waals surface area contributed by atoms with Crippen molar-refractivity contribution in [1.82, 2.24) is 15.5 Å². The van der Waals surface area contributed by atoms with E-state index in [1.807, 2.05) is 37.3 Å². The van der Waals surface area contributed by atoms with Gasteiger partial charge in [0, 0.05) is 20.2 Å². The molecule has 6 nitrogen and oxygen atoms in total. The van der Waals surface area contributed by atoms with E-state index >= 15 is 0 Å². The van der Waals surface area contributed by atoms with Crippen molar-refractivity contribution in [3.05, 3.63) is 35.9 Å². The van der Waals surface area contributed by atoms with Gasteiger partial charge in [-0.2, -0.15) is 0 Å². The van der Waals surface area contributed by atoms with E-state index in [9.17, 15) is 9.59 Å². The molecule has 6 heteroatoms. The Hall–Kier alpha value is -1.92. The number of carbonyl (C=O) groups is 2. The predicted octanol–water partition coefficient (Wildman–Crippen LogP) is 1.17. The summed E-state index contributed by atoms with van der Waals surface area (Å²) in [4.78, 5) is 26.9. The first-order valence-corrected chi connectivity index (χ1v) is 8.91. The molecule has 1 saturated heterocycles. The topological polar surface area (TPSA) is 70.7 Å². The van der Waals surface area contributed by atoms with E-state index in [2.05, 4.69) is 10.6 Å². The van der Waals surface area contributed by atoms with Crippen LogP contribution in [0.5, 0.6) is 0 Å². The minimum Gasteiger partial charge on any atom is -0.384 e. The van der Waals surface area contributed by atoms with Crippen molar-refractivity contribution >= 4 is 11.8 Å². The Bertz CT molecular complexity index is 551. The molecule has 0 saturated carbocycles. The van der Waals surface area contributed by atoms with Gasteiger partial charge in [-0.15, -0.1) is 0 Å². The van der Waals surface area contributed by atoms with Crippen molar-refractivity contribution in [3.63, 3.8) is 0 Å². The van der Waals surface area contributed by atoms with E-state index in [-0.39, 0.29) is 18.4 Å². The molecule has 0 bridgehead atoms. The van der Waals surface area contributed by atoms with Gasteiger partial charge in [-0.25, -0.2) is 0 Å². The van der Waals surface area contributed by atoms with Gasteiger partial charge in [0.15, 0.2) is 0 Å². The van der Waals surface area contributed by atoms with Gasteiger partial charge in [0.05, 0.1) is 18.6 Å². The predicted molar refractivity (Wildman–Crippen MR) is 97.0 cm³/mol. The van der Waals surface area contributed by atoms with Crippen LogP contribution in [0, 0.1) is 5.41 Å². The van der Waals surface area contributed by atoms with Crippen LogP contribution in [-0.4, -0.2) is 56.6 Å². The molecule has 1 aromatic rings. The summed E-state index contributed by atoms with van der Waals surface area (Å²) >= 11 is 0. The summed E-state index contributed by atoms with van der Waals surface area (Å²) in [5.74, 6) is -0.152. The van der Waals surface area contributed by atoms with Crippen LogP contribution in [0.2, 0.25) is 0 Å². The van der Waals surface area contributed by atoms with Crippen LogP contribution in [0.3, 0.4) is 0 Å². The fourth-order valence-corrected chi connectivity index (χ4v) is 3.25. The minimum absolute atomic E-state index is 0.0262. The molecule has 2 amide bonds. The molecule has 1 fully saturated rings. The zero-order chi connectivity index (χ0) is 18.1. The minimum atomic E-state index is -0.531. The van der Waals surface area contributed by atoms with E-state index in [1.54, 1.807) is 12.0 Å². The molecule has 1 aliphatic rings. The number of piperidine rings is 1. The fourth-order valence-electron chi connectivity index (χ4n) is 3.25. The first-order valence-electron chi connectivity index (χ1n) is 8.91. The van der Waals surface area contributed by atoms with E-state index in [0.29, 0.717) is 19.7 Å². The van der Waals surface area contributed by atoms with Crippen molar-refractivity contribution in [2.75, 3.05) is 39.9 Å². The third-order valence-electron chi connectivity index (χ3n) is 4.81. The first kappa shape index (κ1) is 19.4. The van der Waals surface area contributed by atoms with Gasteiger partial charge in [0.2, 0.25) is 11.8 Å². The second-order valence-electron chi connectivity index (χ2n) is 6.54. The summed E-state index contributed by atoms with van der Waals surface area (Å²) in [6.07, 6.45) is 1.45. The zero-order valence-corrected chi connectivity index (χ0v) is 15.2. The van der Waals surface area contributed by atoms with E-state index < -0.39 is 5.41 Å². The number of nitrogens with one attached hydrogen (secondary N) is 2. The van der Waals surface area contributed by atoms with E-state index in [4.69, 9.17) is 4.74 Å². The average Bonchev–Trinajstić information content (AvgIpc) is 2.65. The van der Waals surface area contributed by atoms with Gasteiger partial charge in [-0.05, 0) is 38.4 Å². The monoisotopic (exact) mass is 347 g/mol. The summed E-state index contributed by atoms with van der Waals surface area (Å²) in [5.41, 5.74) is 0.551. The zero-order valence-electron chi connectivity index (χ0n) is 15.2. The molecule has 25 heavy (non-hydrogen) atoms. The Morgan fingerprint density at radius 2 is 1.92 bits per heavy atom. The highest BCUT2D eigenvalue weighted by molar-refractivity contribution is 5.88. The molecule has 1 heterocycles. The fraction of sp³-hybridized carbons (Fsp3) is 0.579. The highest BCUT2D eigenvalue weighted by Gasteiger charge is 2.39. The maximum absolute atomic E-state index is 12.7. The third-order valence-corrected chi connectivity index (χ3v) is 4.81. The molecular formula is C19H29N3O3. The highest BCUT2D eigenvalue weighted by Crippen LogP contribution is 2.29. The van der Waals surface area contributed by atoms with Crippen molar-refractivity contribution in [2.24, 2.45) is 5.41 Å². The van der Waals surface area contributed by atoms with Crippen LogP contribution in [0.4, 0.5) is 0 Å². The number of rotatable bonds is 8. The summed E-state index contributed by atoms with van der Waals surface area (Å²) in [6, 6.07) is 9.87. The number of hydrogen-bond acceptors (Lipinski definition) is 4. The van der Waals surface area contributed by atoms with Crippen LogP contribution in [0.25, 0.3) is 0 Å². The SMILES string of the molecule is CCN(Cc1ccccc1)C(=O)CNC(=O)C1(COC)CCNCC1. The van der Waals surface area contributed by atoms with E-state index in [0.717, 1.165) is 31.5 Å². The number of hydrogen-bond donors (Lipinski definition) is 2. The summed E-state index contributed by atoms with van der Waals surface area (Å²) in [7, 11) is 1.61. The highest BCUT2D eigenvalue weighted by atomic mass is 16.5. The average molecular weight is 347 g/mol. The standard InChI is InChI=1S/C19H29N3O3/c1-3-22(14-16-7-5-4-6-8-16)17(23)13-21-18(24)19(15-25-2)9-11-20-12-10-19/h4-8,20H,3,9-15H2,1-2H3,(H,21,24). The van der Waals surface area contributed by atoms with Gasteiger partial charge >= 0.3 is 0 Å².